The smallest absolute Gasteiger partial charge is 0.335 e. The number of carboxylic acid groups (broad SMARTS) is 1. The molecule has 3 aromatic rings. The number of carboxylic acids is 1. The van der Waals surface area contributed by atoms with Crippen LogP contribution in [0, 0.1) is 0 Å². The van der Waals surface area contributed by atoms with Gasteiger partial charge in [0.2, 0.25) is 0 Å². The largest absolute Gasteiger partial charge is 0.493 e. The van der Waals surface area contributed by atoms with Crippen molar-refractivity contribution in [2.24, 2.45) is 0 Å². The van der Waals surface area contributed by atoms with Crippen LogP contribution < -0.4 is 14.2 Å². The fourth-order valence-electron chi connectivity index (χ4n) is 2.56. The average Bonchev–Trinajstić information content (AvgIpc) is 2.73. The highest BCUT2D eigenvalue weighted by atomic mass is 16.5. The Morgan fingerprint density at radius 1 is 0.964 bits per heavy atom. The summed E-state index contributed by atoms with van der Waals surface area (Å²) >= 11 is 0. The number of rotatable bonds is 8. The number of ether oxygens (including phenoxy) is 3. The molecule has 0 amide bonds. The third kappa shape index (κ3) is 4.48. The summed E-state index contributed by atoms with van der Waals surface area (Å²) < 4.78 is 16.9. The first kappa shape index (κ1) is 19.0. The van der Waals surface area contributed by atoms with Gasteiger partial charge in [0.15, 0.2) is 17.8 Å². The number of methoxy groups -OCH3 is 1. The molecule has 0 aliphatic carbocycles. The maximum atomic E-state index is 11.5. The van der Waals surface area contributed by atoms with Gasteiger partial charge in [-0.15, -0.1) is 0 Å². The zero-order chi connectivity index (χ0) is 19.9. The van der Waals surface area contributed by atoms with Gasteiger partial charge in [0, 0.05) is 6.07 Å². The minimum atomic E-state index is -1.07. The summed E-state index contributed by atoms with van der Waals surface area (Å²) in [6.07, 6.45) is 0.639. The van der Waals surface area contributed by atoms with Crippen LogP contribution in [0.15, 0.2) is 66.7 Å². The first-order chi connectivity index (χ1) is 13.6. The molecule has 0 fully saturated rings. The Morgan fingerprint density at radius 2 is 1.75 bits per heavy atom. The molecular weight excluding hydrogens is 360 g/mol. The van der Waals surface area contributed by atoms with Gasteiger partial charge in [-0.3, -0.25) is 4.79 Å². The number of hydrogen-bond acceptors (Lipinski definition) is 5. The van der Waals surface area contributed by atoms with E-state index in [1.165, 1.54) is 25.3 Å². The molecular formula is C22H18O6. The first-order valence-electron chi connectivity index (χ1n) is 8.46. The van der Waals surface area contributed by atoms with E-state index in [2.05, 4.69) is 0 Å². The number of hydrogen-bond donors (Lipinski definition) is 1. The van der Waals surface area contributed by atoms with Gasteiger partial charge in [0.25, 0.3) is 0 Å². The van der Waals surface area contributed by atoms with Gasteiger partial charge >= 0.3 is 5.97 Å². The number of aromatic carboxylic acids is 1. The van der Waals surface area contributed by atoms with Gasteiger partial charge < -0.3 is 19.3 Å². The van der Waals surface area contributed by atoms with E-state index in [0.717, 1.165) is 5.56 Å². The predicted molar refractivity (Wildman–Crippen MR) is 103 cm³/mol. The van der Waals surface area contributed by atoms with E-state index in [9.17, 15) is 9.59 Å². The van der Waals surface area contributed by atoms with Gasteiger partial charge in [-0.25, -0.2) is 4.79 Å². The minimum absolute atomic E-state index is 0.0826. The Morgan fingerprint density at radius 3 is 2.43 bits per heavy atom. The van der Waals surface area contributed by atoms with Gasteiger partial charge in [-0.1, -0.05) is 36.4 Å². The SMILES string of the molecule is COc1cc(C=O)c(Oc2cccc(C(=O)O)c2)cc1OCc1ccccc1. The summed E-state index contributed by atoms with van der Waals surface area (Å²) in [6.45, 7) is 0.311. The maximum Gasteiger partial charge on any atom is 0.335 e. The Hall–Kier alpha value is -3.80. The molecule has 0 aromatic heterocycles. The molecule has 28 heavy (non-hydrogen) atoms. The zero-order valence-corrected chi connectivity index (χ0v) is 15.1. The van der Waals surface area contributed by atoms with Crippen molar-refractivity contribution < 1.29 is 28.9 Å². The fraction of sp³-hybridized carbons (Fsp3) is 0.0909. The molecule has 3 aromatic carbocycles. The van der Waals surface area contributed by atoms with Crippen molar-refractivity contribution in [3.05, 3.63) is 83.4 Å². The molecule has 0 saturated heterocycles. The van der Waals surface area contributed by atoms with E-state index in [0.29, 0.717) is 30.1 Å². The molecule has 0 aliphatic heterocycles. The van der Waals surface area contributed by atoms with E-state index in [-0.39, 0.29) is 16.9 Å². The topological polar surface area (TPSA) is 82.1 Å². The molecule has 0 aliphatic rings. The van der Waals surface area contributed by atoms with Crippen LogP contribution in [0.1, 0.15) is 26.3 Å². The lowest BCUT2D eigenvalue weighted by atomic mass is 10.1. The molecule has 0 spiro atoms. The highest BCUT2D eigenvalue weighted by Crippen LogP contribution is 2.37. The van der Waals surface area contributed by atoms with E-state index in [4.69, 9.17) is 19.3 Å². The molecule has 0 saturated carbocycles. The van der Waals surface area contributed by atoms with Gasteiger partial charge in [0.05, 0.1) is 18.2 Å². The second-order valence-electron chi connectivity index (χ2n) is 5.87. The second-order valence-corrected chi connectivity index (χ2v) is 5.87. The van der Waals surface area contributed by atoms with Crippen LogP contribution in [0.2, 0.25) is 0 Å². The molecule has 0 heterocycles. The summed E-state index contributed by atoms with van der Waals surface area (Å²) in [4.78, 5) is 22.6. The van der Waals surface area contributed by atoms with Crippen molar-refractivity contribution >= 4 is 12.3 Å². The average molecular weight is 378 g/mol. The Kier molecular flexibility index (Phi) is 5.91. The van der Waals surface area contributed by atoms with Crippen LogP contribution in [-0.4, -0.2) is 24.5 Å². The quantitative estimate of drug-likeness (QED) is 0.578. The maximum absolute atomic E-state index is 11.5. The third-order valence-corrected chi connectivity index (χ3v) is 3.97. The highest BCUT2D eigenvalue weighted by Gasteiger charge is 2.14. The van der Waals surface area contributed by atoms with Crippen LogP contribution in [0.5, 0.6) is 23.0 Å². The van der Waals surface area contributed by atoms with Crippen molar-refractivity contribution in [3.8, 4) is 23.0 Å². The van der Waals surface area contributed by atoms with Crippen LogP contribution in [0.25, 0.3) is 0 Å². The standard InChI is InChI=1S/C22H18O6/c1-26-20-11-17(13-23)19(28-18-9-5-8-16(10-18)22(24)25)12-21(20)27-14-15-6-3-2-4-7-15/h2-13H,14H2,1H3,(H,24,25). The van der Waals surface area contributed by atoms with Crippen molar-refractivity contribution in [1.29, 1.82) is 0 Å². The summed E-state index contributed by atoms with van der Waals surface area (Å²) in [7, 11) is 1.48. The van der Waals surface area contributed by atoms with Gasteiger partial charge in [-0.05, 0) is 29.8 Å². The van der Waals surface area contributed by atoms with Gasteiger partial charge in [0.1, 0.15) is 18.1 Å². The Balaban J connectivity index is 1.90. The molecule has 0 bridgehead atoms. The zero-order valence-electron chi connectivity index (χ0n) is 15.1. The van der Waals surface area contributed by atoms with Crippen molar-refractivity contribution in [2.75, 3.05) is 7.11 Å². The molecule has 0 atom stereocenters. The molecule has 142 valence electrons. The summed E-state index contributed by atoms with van der Waals surface area (Å²) in [5.41, 5.74) is 1.31. The summed E-state index contributed by atoms with van der Waals surface area (Å²) in [5, 5.41) is 9.12. The lowest BCUT2D eigenvalue weighted by Gasteiger charge is -2.15. The van der Waals surface area contributed by atoms with Crippen LogP contribution in [0.3, 0.4) is 0 Å². The predicted octanol–water partition coefficient (Wildman–Crippen LogP) is 4.58. The molecule has 3 rings (SSSR count). The van der Waals surface area contributed by atoms with Gasteiger partial charge in [-0.2, -0.15) is 0 Å². The van der Waals surface area contributed by atoms with Crippen molar-refractivity contribution in [3.63, 3.8) is 0 Å². The lowest BCUT2D eigenvalue weighted by molar-refractivity contribution is 0.0696. The summed E-state index contributed by atoms with van der Waals surface area (Å²) in [6, 6.07) is 18.7. The lowest BCUT2D eigenvalue weighted by Crippen LogP contribution is -2.00. The van der Waals surface area contributed by atoms with E-state index in [1.54, 1.807) is 18.2 Å². The van der Waals surface area contributed by atoms with Crippen molar-refractivity contribution in [1.82, 2.24) is 0 Å². The number of carbonyl (C=O) groups is 2. The minimum Gasteiger partial charge on any atom is -0.493 e. The molecule has 6 nitrogen and oxygen atoms in total. The first-order valence-corrected chi connectivity index (χ1v) is 8.46. The van der Waals surface area contributed by atoms with Crippen molar-refractivity contribution in [2.45, 2.75) is 6.61 Å². The highest BCUT2D eigenvalue weighted by molar-refractivity contribution is 5.88. The van der Waals surface area contributed by atoms with E-state index < -0.39 is 5.97 Å². The monoisotopic (exact) mass is 378 g/mol. The molecule has 1 N–H and O–H groups in total. The summed E-state index contributed by atoms with van der Waals surface area (Å²) in [5.74, 6) is 0.261. The number of benzene rings is 3. The molecule has 0 unspecified atom stereocenters. The second kappa shape index (κ2) is 8.73. The van der Waals surface area contributed by atoms with Crippen LogP contribution in [-0.2, 0) is 6.61 Å². The fourth-order valence-corrected chi connectivity index (χ4v) is 2.56. The Bertz CT molecular complexity index is 982. The number of aldehydes is 1. The third-order valence-electron chi connectivity index (χ3n) is 3.97. The molecule has 0 radical (unpaired) electrons. The van der Waals surface area contributed by atoms with E-state index >= 15 is 0 Å². The van der Waals surface area contributed by atoms with Crippen LogP contribution in [0.4, 0.5) is 0 Å². The van der Waals surface area contributed by atoms with E-state index in [1.807, 2.05) is 30.3 Å². The molecule has 6 heteroatoms. The number of carbonyl (C=O) groups excluding carboxylic acids is 1. The normalized spacial score (nSPS) is 10.2. The Labute approximate surface area is 161 Å². The van der Waals surface area contributed by atoms with Crippen LogP contribution >= 0.6 is 0 Å².